The quantitative estimate of drug-likeness (QED) is 0.806. The Balaban J connectivity index is 2.41. The topological polar surface area (TPSA) is 54.9 Å². The Kier molecular flexibility index (Phi) is 3.21. The van der Waals surface area contributed by atoms with Gasteiger partial charge in [-0.3, -0.25) is 4.79 Å². The van der Waals surface area contributed by atoms with Crippen molar-refractivity contribution in [3.8, 4) is 11.3 Å². The van der Waals surface area contributed by atoms with Crippen molar-refractivity contribution < 1.29 is 4.79 Å². The second kappa shape index (κ2) is 4.63. The first-order chi connectivity index (χ1) is 7.66. The molecule has 1 aromatic heterocycles. The monoisotopic (exact) mass is 251 g/mol. The van der Waals surface area contributed by atoms with Crippen LogP contribution in [0.2, 0.25) is 0 Å². The van der Waals surface area contributed by atoms with Crippen LogP contribution < -0.4 is 5.32 Å². The number of hydrogen-bond acceptors (Lipinski definition) is 5. The molecule has 1 aromatic carbocycles. The Bertz CT molecular complexity index is 511. The molecule has 0 unspecified atom stereocenters. The zero-order valence-electron chi connectivity index (χ0n) is 8.47. The van der Waals surface area contributed by atoms with Crippen molar-refractivity contribution in [2.75, 3.05) is 5.32 Å². The predicted octanol–water partition coefficient (Wildman–Crippen LogP) is 2.45. The van der Waals surface area contributed by atoms with Crippen molar-refractivity contribution in [1.29, 1.82) is 0 Å². The zero-order valence-corrected chi connectivity index (χ0v) is 10.2. The Labute approximate surface area is 102 Å². The molecule has 0 fully saturated rings. The van der Waals surface area contributed by atoms with E-state index in [0.29, 0.717) is 0 Å². The van der Waals surface area contributed by atoms with Crippen molar-refractivity contribution >= 4 is 35.8 Å². The van der Waals surface area contributed by atoms with Gasteiger partial charge >= 0.3 is 0 Å². The molecule has 0 saturated carbocycles. The average Bonchev–Trinajstić information content (AvgIpc) is 2.73. The maximum atomic E-state index is 10.9. The molecule has 0 atom stereocenters. The van der Waals surface area contributed by atoms with E-state index >= 15 is 0 Å². The van der Waals surface area contributed by atoms with Crippen molar-refractivity contribution in [3.05, 3.63) is 23.6 Å². The highest BCUT2D eigenvalue weighted by Crippen LogP contribution is 2.28. The van der Waals surface area contributed by atoms with Crippen molar-refractivity contribution in [2.24, 2.45) is 0 Å². The molecule has 0 aliphatic rings. The minimum atomic E-state index is -0.103. The third-order valence-corrected chi connectivity index (χ3v) is 2.85. The van der Waals surface area contributed by atoms with Gasteiger partial charge < -0.3 is 5.32 Å². The molecular formula is C10H9N3OS2. The minimum Gasteiger partial charge on any atom is -0.326 e. The molecule has 0 spiro atoms. The summed E-state index contributed by atoms with van der Waals surface area (Å²) < 4.78 is 3.80. The number of anilines is 1. The number of thiol groups is 1. The Morgan fingerprint density at radius 1 is 1.50 bits per heavy atom. The molecule has 82 valence electrons. The molecule has 2 rings (SSSR count). The van der Waals surface area contributed by atoms with E-state index in [1.807, 2.05) is 17.5 Å². The molecular weight excluding hydrogens is 242 g/mol. The second-order valence-electron chi connectivity index (χ2n) is 3.20. The van der Waals surface area contributed by atoms with Gasteiger partial charge in [-0.15, -0.1) is 17.7 Å². The van der Waals surface area contributed by atoms with E-state index in [0.717, 1.165) is 21.8 Å². The molecule has 0 aliphatic heterocycles. The van der Waals surface area contributed by atoms with E-state index in [1.165, 1.54) is 18.5 Å². The summed E-state index contributed by atoms with van der Waals surface area (Å²) in [6.07, 6.45) is 0. The van der Waals surface area contributed by atoms with Crippen LogP contribution in [-0.4, -0.2) is 15.5 Å². The lowest BCUT2D eigenvalue weighted by Gasteiger charge is -2.06. The number of benzene rings is 1. The smallest absolute Gasteiger partial charge is 0.221 e. The summed E-state index contributed by atoms with van der Waals surface area (Å²) in [6.45, 7) is 1.47. The first-order valence-corrected chi connectivity index (χ1v) is 5.83. The molecule has 6 heteroatoms. The highest BCUT2D eigenvalue weighted by Gasteiger charge is 2.07. The third-order valence-electron chi connectivity index (χ3n) is 1.95. The van der Waals surface area contributed by atoms with Gasteiger partial charge in [-0.05, 0) is 29.7 Å². The first-order valence-electron chi connectivity index (χ1n) is 4.55. The number of nitrogens with one attached hydrogen (secondary N) is 1. The molecule has 2 aromatic rings. The summed E-state index contributed by atoms with van der Waals surface area (Å²) >= 11 is 5.63. The van der Waals surface area contributed by atoms with Crippen molar-refractivity contribution in [3.63, 3.8) is 0 Å². The van der Waals surface area contributed by atoms with Gasteiger partial charge in [0.2, 0.25) is 5.91 Å². The molecule has 0 radical (unpaired) electrons. The molecule has 1 N–H and O–H groups in total. The average molecular weight is 251 g/mol. The third kappa shape index (κ3) is 2.40. The van der Waals surface area contributed by atoms with Crippen molar-refractivity contribution in [2.45, 2.75) is 11.8 Å². The van der Waals surface area contributed by atoms with Gasteiger partial charge in [0.25, 0.3) is 0 Å². The lowest BCUT2D eigenvalue weighted by atomic mass is 10.1. The standard InChI is InChI=1S/C10H9N3OS2/c1-6(14)11-7-2-3-10(15)8(4-7)9-5-16-13-12-9/h2-5,15H,1H3,(H,11,14). The Hall–Kier alpha value is -1.40. The van der Waals surface area contributed by atoms with E-state index in [4.69, 9.17) is 0 Å². The number of rotatable bonds is 2. The lowest BCUT2D eigenvalue weighted by Crippen LogP contribution is -2.05. The highest BCUT2D eigenvalue weighted by atomic mass is 32.1. The molecule has 4 nitrogen and oxygen atoms in total. The van der Waals surface area contributed by atoms with Gasteiger partial charge in [-0.25, -0.2) is 0 Å². The van der Waals surface area contributed by atoms with Crippen LogP contribution in [-0.2, 0) is 4.79 Å². The van der Waals surface area contributed by atoms with Crippen LogP contribution in [0.4, 0.5) is 5.69 Å². The fourth-order valence-electron chi connectivity index (χ4n) is 1.30. The maximum Gasteiger partial charge on any atom is 0.221 e. The van der Waals surface area contributed by atoms with E-state index in [1.54, 1.807) is 6.07 Å². The Morgan fingerprint density at radius 2 is 2.31 bits per heavy atom. The molecule has 1 amide bonds. The highest BCUT2D eigenvalue weighted by molar-refractivity contribution is 7.80. The number of carbonyl (C=O) groups is 1. The van der Waals surface area contributed by atoms with Gasteiger partial charge in [0, 0.05) is 28.5 Å². The minimum absolute atomic E-state index is 0.103. The largest absolute Gasteiger partial charge is 0.326 e. The van der Waals surface area contributed by atoms with Gasteiger partial charge in [0.1, 0.15) is 5.69 Å². The summed E-state index contributed by atoms with van der Waals surface area (Å²) in [5, 5.41) is 8.53. The van der Waals surface area contributed by atoms with Gasteiger partial charge in [0.15, 0.2) is 0 Å². The zero-order chi connectivity index (χ0) is 11.5. The number of nitrogens with zero attached hydrogens (tertiary/aromatic N) is 2. The molecule has 1 heterocycles. The fraction of sp³-hybridized carbons (Fsp3) is 0.100. The van der Waals surface area contributed by atoms with Crippen molar-refractivity contribution in [1.82, 2.24) is 9.59 Å². The number of aromatic nitrogens is 2. The SMILES string of the molecule is CC(=O)Nc1ccc(S)c(-c2csnn2)c1. The maximum absolute atomic E-state index is 10.9. The predicted molar refractivity (Wildman–Crippen MR) is 66.9 cm³/mol. The van der Waals surface area contributed by atoms with Crippen LogP contribution in [0.15, 0.2) is 28.5 Å². The number of hydrogen-bond donors (Lipinski definition) is 2. The first kappa shape index (κ1) is 11.1. The second-order valence-corrected chi connectivity index (χ2v) is 4.29. The molecule has 16 heavy (non-hydrogen) atoms. The van der Waals surface area contributed by atoms with E-state index < -0.39 is 0 Å². The summed E-state index contributed by atoms with van der Waals surface area (Å²) in [4.78, 5) is 11.7. The summed E-state index contributed by atoms with van der Waals surface area (Å²) in [7, 11) is 0. The van der Waals surface area contributed by atoms with Crippen LogP contribution >= 0.6 is 24.2 Å². The summed E-state index contributed by atoms with van der Waals surface area (Å²) in [6, 6.07) is 5.45. The summed E-state index contributed by atoms with van der Waals surface area (Å²) in [5.74, 6) is -0.103. The molecule has 0 aliphatic carbocycles. The normalized spacial score (nSPS) is 10.1. The Morgan fingerprint density at radius 3 is 2.94 bits per heavy atom. The van der Waals surface area contributed by atoms with Crippen LogP contribution in [0.3, 0.4) is 0 Å². The van der Waals surface area contributed by atoms with E-state index in [-0.39, 0.29) is 5.91 Å². The number of carbonyl (C=O) groups excluding carboxylic acids is 1. The fourth-order valence-corrected chi connectivity index (χ4v) is 2.01. The van der Waals surface area contributed by atoms with Crippen LogP contribution in [0, 0.1) is 0 Å². The van der Waals surface area contributed by atoms with E-state index in [9.17, 15) is 4.79 Å². The lowest BCUT2D eigenvalue weighted by molar-refractivity contribution is -0.114. The number of amides is 1. The van der Waals surface area contributed by atoms with Gasteiger partial charge in [0.05, 0.1) is 0 Å². The molecule has 0 bridgehead atoms. The van der Waals surface area contributed by atoms with Gasteiger partial charge in [-0.2, -0.15) is 0 Å². The molecule has 0 saturated heterocycles. The van der Waals surface area contributed by atoms with Crippen LogP contribution in [0.25, 0.3) is 11.3 Å². The van der Waals surface area contributed by atoms with Gasteiger partial charge in [-0.1, -0.05) is 4.49 Å². The van der Waals surface area contributed by atoms with Crippen LogP contribution in [0.1, 0.15) is 6.92 Å². The van der Waals surface area contributed by atoms with Crippen LogP contribution in [0.5, 0.6) is 0 Å². The summed E-state index contributed by atoms with van der Waals surface area (Å²) in [5.41, 5.74) is 2.36. The van der Waals surface area contributed by atoms with E-state index in [2.05, 4.69) is 27.5 Å².